The Hall–Kier alpha value is -7.50. The predicted octanol–water partition coefficient (Wildman–Crippen LogP) is 15.9. The van der Waals surface area contributed by atoms with Crippen molar-refractivity contribution in [3.8, 4) is 50.5 Å². The largest absolute Gasteiger partial charge is 0.512 e. The van der Waals surface area contributed by atoms with Crippen molar-refractivity contribution in [2.24, 2.45) is 0 Å². The molecule has 2 aromatic heterocycles. The minimum atomic E-state index is -0.267. The number of allylic oxidation sites excluding steroid dienone is 5. The van der Waals surface area contributed by atoms with Crippen molar-refractivity contribution in [1.82, 2.24) is 9.97 Å². The maximum atomic E-state index is 11.4. The molecule has 1 N–H and O–H groups in total. The van der Waals surface area contributed by atoms with E-state index in [0.29, 0.717) is 5.75 Å². The number of carbonyl (C=O) groups excluding carboxylic acids is 1. The van der Waals surface area contributed by atoms with Crippen molar-refractivity contribution >= 4 is 33.2 Å². The molecule has 7 aromatic carbocycles. The predicted molar refractivity (Wildman–Crippen MR) is 287 cm³/mol. The van der Waals surface area contributed by atoms with Crippen LogP contribution in [0.1, 0.15) is 69.7 Å². The second-order valence-electron chi connectivity index (χ2n) is 19.2. The minimum Gasteiger partial charge on any atom is -0.512 e. The van der Waals surface area contributed by atoms with Gasteiger partial charge in [-0.1, -0.05) is 195 Å². The first-order valence-corrected chi connectivity index (χ1v) is 24.0. The molecule has 2 heterocycles. The summed E-state index contributed by atoms with van der Waals surface area (Å²) in [5.74, 6) is 0.345. The van der Waals surface area contributed by atoms with Crippen LogP contribution < -0.4 is 4.74 Å². The van der Waals surface area contributed by atoms with Crippen LogP contribution in [-0.4, -0.2) is 27.5 Å². The Bertz CT molecular complexity index is 3530. The Morgan fingerprint density at radius 2 is 1.17 bits per heavy atom. The van der Waals surface area contributed by atoms with Crippen LogP contribution in [0.15, 0.2) is 205 Å². The molecule has 1 radical (unpaired) electrons. The molecule has 6 heteroatoms. The number of benzene rings is 7. The van der Waals surface area contributed by atoms with E-state index in [2.05, 4.69) is 155 Å². The van der Waals surface area contributed by atoms with Gasteiger partial charge in [-0.25, -0.2) is 0 Å². The molecule has 0 saturated heterocycles. The monoisotopic (exact) mass is 1100 g/mol. The van der Waals surface area contributed by atoms with E-state index in [4.69, 9.17) is 19.8 Å². The van der Waals surface area contributed by atoms with E-state index in [9.17, 15) is 4.79 Å². The zero-order valence-corrected chi connectivity index (χ0v) is 43.0. The smallest absolute Gasteiger partial charge is 0.196 e. The first-order valence-electron chi connectivity index (χ1n) is 24.0. The molecule has 0 bridgehead atoms. The second kappa shape index (κ2) is 20.5. The molecule has 71 heavy (non-hydrogen) atoms. The van der Waals surface area contributed by atoms with Crippen molar-refractivity contribution < 1.29 is 34.7 Å². The van der Waals surface area contributed by atoms with Crippen molar-refractivity contribution in [2.45, 2.75) is 58.3 Å². The number of rotatable bonds is 7. The Morgan fingerprint density at radius 1 is 0.620 bits per heavy atom. The second-order valence-corrected chi connectivity index (χ2v) is 19.2. The molecule has 3 aliphatic rings. The number of aliphatic hydroxyl groups is 1. The first kappa shape index (κ1) is 48.5. The van der Waals surface area contributed by atoms with Crippen LogP contribution in [0.25, 0.3) is 72.1 Å². The average molecular weight is 1100 g/mol. The van der Waals surface area contributed by atoms with E-state index in [1.807, 2.05) is 72.8 Å². The molecule has 0 saturated carbocycles. The number of aromatic nitrogens is 2. The van der Waals surface area contributed by atoms with E-state index in [0.717, 1.165) is 63.6 Å². The number of ether oxygens (including phenoxy) is 1. The topological polar surface area (TPSA) is 72.3 Å². The fraction of sp³-hybridized carbons (Fsp3) is 0.154. The fourth-order valence-corrected chi connectivity index (χ4v) is 10.1. The van der Waals surface area contributed by atoms with Crippen LogP contribution in [0.4, 0.5) is 0 Å². The van der Waals surface area contributed by atoms with Gasteiger partial charge in [0.2, 0.25) is 0 Å². The van der Waals surface area contributed by atoms with E-state index in [1.165, 1.54) is 56.6 Å². The first-order chi connectivity index (χ1) is 33.9. The third kappa shape index (κ3) is 9.97. The molecule has 5 nitrogen and oxygen atoms in total. The number of ketones is 1. The number of nitrogens with zero attached hydrogens (tertiary/aromatic N) is 2. The molecule has 353 valence electrons. The normalized spacial score (nSPS) is 14.4. The van der Waals surface area contributed by atoms with Gasteiger partial charge in [0.15, 0.2) is 12.4 Å². The third-order valence-corrected chi connectivity index (χ3v) is 13.8. The van der Waals surface area contributed by atoms with E-state index in [-0.39, 0.29) is 49.1 Å². The van der Waals surface area contributed by atoms with Crippen LogP contribution in [0, 0.1) is 12.1 Å². The Morgan fingerprint density at radius 3 is 1.80 bits per heavy atom. The molecule has 0 spiro atoms. The summed E-state index contributed by atoms with van der Waals surface area (Å²) in [5.41, 5.74) is 19.6. The maximum Gasteiger partial charge on any atom is 0.196 e. The van der Waals surface area contributed by atoms with Gasteiger partial charge in [-0.3, -0.25) is 14.8 Å². The number of hydrogen-bond donors (Lipinski definition) is 1. The molecule has 0 fully saturated rings. The summed E-state index contributed by atoms with van der Waals surface area (Å²) in [5, 5.41) is 11.3. The molecule has 0 atom stereocenters. The van der Waals surface area contributed by atoms with Gasteiger partial charge >= 0.3 is 0 Å². The molecule has 12 rings (SSSR count). The molecule has 0 unspecified atom stereocenters. The van der Waals surface area contributed by atoms with Gasteiger partial charge < -0.3 is 9.84 Å². The van der Waals surface area contributed by atoms with Gasteiger partial charge in [0.05, 0.1) is 16.8 Å². The van der Waals surface area contributed by atoms with Crippen molar-refractivity contribution in [3.63, 3.8) is 0 Å². The van der Waals surface area contributed by atoms with Crippen molar-refractivity contribution in [2.75, 3.05) is 6.61 Å². The van der Waals surface area contributed by atoms with Crippen molar-refractivity contribution in [1.29, 1.82) is 0 Å². The summed E-state index contributed by atoms with van der Waals surface area (Å²) in [4.78, 5) is 21.0. The van der Waals surface area contributed by atoms with E-state index in [1.54, 1.807) is 5.57 Å². The molecular weight excluding hydrogens is 1050 g/mol. The molecule has 0 amide bonds. The number of aliphatic hydroxyl groups excluding tert-OH is 1. The van der Waals surface area contributed by atoms with Gasteiger partial charge in [0.1, 0.15) is 5.75 Å². The molecular formula is C65H54IrN2O3-2. The maximum absolute atomic E-state index is 11.4. The standard InChI is InChI=1S/C24H20N.C24H18N.C17H16O3.Ir/c2*1-24(2)20-9-5-4-8-18(20)19-13-11-17(15-21(19)24)23-14-12-16-7-3-6-10-22(16)25-23;1-13(18)11-16(19)12-20-17-9-7-15(8-10-17)14-5-3-2-4-6-14;/h3-4,6-8,10,12-15H,5,9H2,1-2H3;3-10,12-15H,1-2H3;2-11,18H,12H2,1H3;/q2*-1;;/b;;13-11-;. The van der Waals surface area contributed by atoms with E-state index < -0.39 is 0 Å². The van der Waals surface area contributed by atoms with Crippen LogP contribution in [-0.2, 0) is 35.7 Å². The van der Waals surface area contributed by atoms with Crippen LogP contribution >= 0.6 is 0 Å². The number of carbonyl (C=O) groups is 1. The summed E-state index contributed by atoms with van der Waals surface area (Å²) >= 11 is 0. The Balaban J connectivity index is 0.000000132. The van der Waals surface area contributed by atoms with Gasteiger partial charge in [-0.05, 0) is 93.7 Å². The number of pyridine rings is 2. The third-order valence-electron chi connectivity index (χ3n) is 13.8. The zero-order chi connectivity index (χ0) is 48.4. The molecule has 0 aliphatic heterocycles. The minimum absolute atomic E-state index is 0. The average Bonchev–Trinajstić information content (AvgIpc) is 3.77. The summed E-state index contributed by atoms with van der Waals surface area (Å²) < 4.78 is 5.35. The quantitative estimate of drug-likeness (QED) is 0.0978. The Labute approximate surface area is 430 Å². The summed E-state index contributed by atoms with van der Waals surface area (Å²) in [6.45, 7) is 10.7. The van der Waals surface area contributed by atoms with E-state index >= 15 is 0 Å². The number of para-hydroxylation sites is 2. The zero-order valence-electron chi connectivity index (χ0n) is 40.6. The molecule has 3 aliphatic carbocycles. The van der Waals surface area contributed by atoms with Gasteiger partial charge in [-0.15, -0.1) is 58.7 Å². The van der Waals surface area contributed by atoms with Crippen molar-refractivity contribution in [3.05, 3.63) is 240 Å². The fourth-order valence-electron chi connectivity index (χ4n) is 10.1. The number of fused-ring (bicyclic) bond motifs is 7. The summed E-state index contributed by atoms with van der Waals surface area (Å²) in [6.07, 6.45) is 8.06. The van der Waals surface area contributed by atoms with Crippen LogP contribution in [0.5, 0.6) is 5.75 Å². The summed E-state index contributed by atoms with van der Waals surface area (Å²) in [6, 6.07) is 67.1. The molecule has 9 aromatic rings. The Kier molecular flexibility index (Phi) is 14.0. The van der Waals surface area contributed by atoms with Gasteiger partial charge in [-0.2, -0.15) is 0 Å². The summed E-state index contributed by atoms with van der Waals surface area (Å²) in [7, 11) is 0. The van der Waals surface area contributed by atoms with Crippen LogP contribution in [0.3, 0.4) is 0 Å². The van der Waals surface area contributed by atoms with Gasteiger partial charge in [0, 0.05) is 26.2 Å². The number of hydrogen-bond acceptors (Lipinski definition) is 5. The SMILES string of the molecule is C/C(O)=C/C(=O)COc1ccc(-c2ccccc2)cc1.CC1(C)C2=C(C=CCC2)c2c[c-]c(-c3ccc4ccccc4n3)cc21.CC1(C)c2ccccc2-c2c[c-]c(-c3ccc4ccccc4n3)cc21.[Ir]. The van der Waals surface area contributed by atoms with Crippen LogP contribution in [0.2, 0.25) is 0 Å². The van der Waals surface area contributed by atoms with Gasteiger partial charge in [0.25, 0.3) is 0 Å².